The zero-order valence-electron chi connectivity index (χ0n) is 8.53. The minimum absolute atomic E-state index is 0.799. The number of aryl methyl sites for hydroxylation is 1. The van der Waals surface area contributed by atoms with Crippen molar-refractivity contribution in [2.75, 3.05) is 13.1 Å². The van der Waals surface area contributed by atoms with Crippen molar-refractivity contribution in [1.29, 1.82) is 0 Å². The molecule has 1 aromatic heterocycles. The topological polar surface area (TPSA) is 54.8 Å². The molecule has 0 atom stereocenters. The van der Waals surface area contributed by atoms with Gasteiger partial charge in [-0.1, -0.05) is 5.21 Å². The monoisotopic (exact) mass is 195 g/mol. The Bertz CT molecular complexity index is 278. The van der Waals surface area contributed by atoms with Crippen LogP contribution in [0, 0.1) is 0 Å². The zero-order valence-corrected chi connectivity index (χ0v) is 8.53. The van der Waals surface area contributed by atoms with E-state index in [1.165, 1.54) is 12.8 Å². The van der Waals surface area contributed by atoms with Gasteiger partial charge in [0.1, 0.15) is 0 Å². The molecule has 1 saturated carbocycles. The lowest BCUT2D eigenvalue weighted by atomic mass is 10.4. The van der Waals surface area contributed by atoms with E-state index in [0.29, 0.717) is 0 Å². The van der Waals surface area contributed by atoms with Crippen LogP contribution in [0.1, 0.15) is 18.5 Å². The van der Waals surface area contributed by atoms with Gasteiger partial charge in [0, 0.05) is 38.9 Å². The molecule has 0 aromatic carbocycles. The van der Waals surface area contributed by atoms with E-state index in [1.807, 2.05) is 13.2 Å². The minimum Gasteiger partial charge on any atom is -0.313 e. The fraction of sp³-hybridized carbons (Fsp3) is 0.778. The molecule has 1 aliphatic rings. The van der Waals surface area contributed by atoms with Crippen molar-refractivity contribution in [3.8, 4) is 0 Å². The summed E-state index contributed by atoms with van der Waals surface area (Å²) in [4.78, 5) is 0. The van der Waals surface area contributed by atoms with Gasteiger partial charge in [0.2, 0.25) is 0 Å². The van der Waals surface area contributed by atoms with E-state index < -0.39 is 0 Å². The maximum Gasteiger partial charge on any atom is 0.0964 e. The van der Waals surface area contributed by atoms with Crippen molar-refractivity contribution in [2.45, 2.75) is 25.4 Å². The Balaban J connectivity index is 1.53. The third-order valence-corrected chi connectivity index (χ3v) is 2.27. The Hall–Kier alpha value is -0.940. The Morgan fingerprint density at radius 1 is 1.50 bits per heavy atom. The van der Waals surface area contributed by atoms with Crippen LogP contribution in [0.4, 0.5) is 0 Å². The molecule has 5 nitrogen and oxygen atoms in total. The van der Waals surface area contributed by atoms with Crippen molar-refractivity contribution >= 4 is 0 Å². The second-order valence-corrected chi connectivity index (χ2v) is 3.79. The van der Waals surface area contributed by atoms with Gasteiger partial charge < -0.3 is 10.6 Å². The lowest BCUT2D eigenvalue weighted by Crippen LogP contribution is -2.28. The zero-order chi connectivity index (χ0) is 9.80. The predicted octanol–water partition coefficient (Wildman–Crippen LogP) is -0.343. The van der Waals surface area contributed by atoms with E-state index >= 15 is 0 Å². The first-order valence-electron chi connectivity index (χ1n) is 5.14. The first-order chi connectivity index (χ1) is 6.84. The molecule has 0 saturated heterocycles. The normalized spacial score (nSPS) is 16.1. The van der Waals surface area contributed by atoms with Crippen LogP contribution in [-0.4, -0.2) is 34.1 Å². The number of rotatable bonds is 6. The van der Waals surface area contributed by atoms with Gasteiger partial charge in [0.05, 0.1) is 5.69 Å². The summed E-state index contributed by atoms with van der Waals surface area (Å²) in [5.74, 6) is 0. The molecule has 1 aromatic rings. The Morgan fingerprint density at radius 2 is 2.36 bits per heavy atom. The molecule has 0 aliphatic heterocycles. The molecule has 1 fully saturated rings. The summed E-state index contributed by atoms with van der Waals surface area (Å²) in [6, 6.07) is 0.799. The van der Waals surface area contributed by atoms with Crippen LogP contribution < -0.4 is 10.6 Å². The molecule has 5 heteroatoms. The third-order valence-electron chi connectivity index (χ3n) is 2.27. The van der Waals surface area contributed by atoms with Crippen molar-refractivity contribution in [2.24, 2.45) is 7.05 Å². The van der Waals surface area contributed by atoms with Crippen LogP contribution in [0.5, 0.6) is 0 Å². The fourth-order valence-electron chi connectivity index (χ4n) is 1.34. The van der Waals surface area contributed by atoms with Gasteiger partial charge in [-0.15, -0.1) is 5.10 Å². The second kappa shape index (κ2) is 4.52. The first-order valence-corrected chi connectivity index (χ1v) is 5.14. The van der Waals surface area contributed by atoms with Gasteiger partial charge in [0.15, 0.2) is 0 Å². The number of hydrogen-bond acceptors (Lipinski definition) is 4. The summed E-state index contributed by atoms with van der Waals surface area (Å²) < 4.78 is 1.72. The van der Waals surface area contributed by atoms with E-state index in [2.05, 4.69) is 20.9 Å². The average molecular weight is 195 g/mol. The van der Waals surface area contributed by atoms with Gasteiger partial charge in [-0.25, -0.2) is 0 Å². The summed E-state index contributed by atoms with van der Waals surface area (Å²) in [7, 11) is 1.88. The van der Waals surface area contributed by atoms with Crippen LogP contribution in [-0.2, 0) is 13.6 Å². The molecule has 0 amide bonds. The quantitative estimate of drug-likeness (QED) is 0.610. The summed E-state index contributed by atoms with van der Waals surface area (Å²) in [6.07, 6.45) is 4.63. The number of nitrogens with zero attached hydrogens (tertiary/aromatic N) is 3. The lowest BCUT2D eigenvalue weighted by Gasteiger charge is -2.02. The van der Waals surface area contributed by atoms with Crippen molar-refractivity contribution < 1.29 is 0 Å². The highest BCUT2D eigenvalue weighted by Crippen LogP contribution is 2.17. The van der Waals surface area contributed by atoms with Crippen LogP contribution in [0.2, 0.25) is 0 Å². The highest BCUT2D eigenvalue weighted by atomic mass is 15.4. The van der Waals surface area contributed by atoms with Gasteiger partial charge in [0.25, 0.3) is 0 Å². The first kappa shape index (κ1) is 9.61. The maximum atomic E-state index is 3.99. The largest absolute Gasteiger partial charge is 0.313 e. The maximum absolute atomic E-state index is 3.99. The molecule has 0 spiro atoms. The lowest BCUT2D eigenvalue weighted by molar-refractivity contribution is 0.603. The van der Waals surface area contributed by atoms with Gasteiger partial charge in [-0.2, -0.15) is 0 Å². The molecule has 1 aliphatic carbocycles. The van der Waals surface area contributed by atoms with Crippen molar-refractivity contribution in [3.05, 3.63) is 11.9 Å². The molecule has 14 heavy (non-hydrogen) atoms. The summed E-state index contributed by atoms with van der Waals surface area (Å²) in [5, 5.41) is 14.6. The number of hydrogen-bond donors (Lipinski definition) is 2. The van der Waals surface area contributed by atoms with Crippen LogP contribution in [0.15, 0.2) is 6.20 Å². The Kier molecular flexibility index (Phi) is 3.10. The van der Waals surface area contributed by atoms with Crippen LogP contribution in [0.3, 0.4) is 0 Å². The summed E-state index contributed by atoms with van der Waals surface area (Å²) in [5.41, 5.74) is 0.999. The molecular formula is C9H17N5. The van der Waals surface area contributed by atoms with Crippen molar-refractivity contribution in [3.63, 3.8) is 0 Å². The Morgan fingerprint density at radius 3 is 3.00 bits per heavy atom. The SMILES string of the molecule is Cn1cc(CNCCNC2CC2)nn1. The van der Waals surface area contributed by atoms with E-state index in [4.69, 9.17) is 0 Å². The van der Waals surface area contributed by atoms with E-state index in [9.17, 15) is 0 Å². The fourth-order valence-corrected chi connectivity index (χ4v) is 1.34. The average Bonchev–Trinajstić information content (AvgIpc) is 2.89. The highest BCUT2D eigenvalue weighted by molar-refractivity contribution is 4.90. The van der Waals surface area contributed by atoms with E-state index in [0.717, 1.165) is 31.4 Å². The van der Waals surface area contributed by atoms with E-state index in [-0.39, 0.29) is 0 Å². The van der Waals surface area contributed by atoms with Gasteiger partial charge in [-0.05, 0) is 12.8 Å². The minimum atomic E-state index is 0.799. The molecule has 0 radical (unpaired) electrons. The standard InChI is InChI=1S/C9H17N5/c1-14-7-9(12-13-14)6-10-4-5-11-8-2-3-8/h7-8,10-11H,2-6H2,1H3. The highest BCUT2D eigenvalue weighted by Gasteiger charge is 2.19. The van der Waals surface area contributed by atoms with Gasteiger partial charge >= 0.3 is 0 Å². The second-order valence-electron chi connectivity index (χ2n) is 3.79. The van der Waals surface area contributed by atoms with Gasteiger partial charge in [-0.3, -0.25) is 4.68 Å². The molecule has 2 rings (SSSR count). The number of nitrogens with one attached hydrogen (secondary N) is 2. The van der Waals surface area contributed by atoms with Crippen LogP contribution >= 0.6 is 0 Å². The summed E-state index contributed by atoms with van der Waals surface area (Å²) in [6.45, 7) is 2.85. The van der Waals surface area contributed by atoms with Crippen molar-refractivity contribution in [1.82, 2.24) is 25.6 Å². The third kappa shape index (κ3) is 3.08. The Labute approximate surface area is 83.9 Å². The summed E-state index contributed by atoms with van der Waals surface area (Å²) >= 11 is 0. The number of aromatic nitrogens is 3. The smallest absolute Gasteiger partial charge is 0.0964 e. The predicted molar refractivity (Wildman–Crippen MR) is 53.7 cm³/mol. The molecule has 2 N–H and O–H groups in total. The molecule has 0 bridgehead atoms. The van der Waals surface area contributed by atoms with E-state index in [1.54, 1.807) is 4.68 Å². The molecule has 78 valence electrons. The molecule has 0 unspecified atom stereocenters. The molecule has 1 heterocycles. The van der Waals surface area contributed by atoms with Crippen LogP contribution in [0.25, 0.3) is 0 Å². The molecular weight excluding hydrogens is 178 g/mol.